The molecule has 172 valence electrons. The molecular formula is C20H36N4O6. The second-order valence-electron chi connectivity index (χ2n) is 8.28. The molecule has 1 heterocycles. The van der Waals surface area contributed by atoms with Gasteiger partial charge in [0, 0.05) is 26.2 Å². The molecule has 1 saturated heterocycles. The van der Waals surface area contributed by atoms with Crippen molar-refractivity contribution in [2.24, 2.45) is 11.8 Å². The van der Waals surface area contributed by atoms with E-state index in [2.05, 4.69) is 10.6 Å². The fourth-order valence-electron chi connectivity index (χ4n) is 3.25. The van der Waals surface area contributed by atoms with E-state index in [0.29, 0.717) is 39.0 Å². The smallest absolute Gasteiger partial charge is 0.328 e. The Kier molecular flexibility index (Phi) is 10.4. The van der Waals surface area contributed by atoms with E-state index in [0.717, 1.165) is 0 Å². The van der Waals surface area contributed by atoms with Crippen molar-refractivity contribution in [3.8, 4) is 0 Å². The zero-order valence-electron chi connectivity index (χ0n) is 18.9. The molecule has 2 N–H and O–H groups in total. The number of esters is 2. The number of piperazine rings is 1. The molecule has 0 aromatic heterocycles. The molecule has 1 aliphatic heterocycles. The van der Waals surface area contributed by atoms with Crippen molar-refractivity contribution in [1.82, 2.24) is 20.4 Å². The van der Waals surface area contributed by atoms with Gasteiger partial charge in [-0.15, -0.1) is 0 Å². The van der Waals surface area contributed by atoms with Gasteiger partial charge in [0.2, 0.25) is 0 Å². The predicted octanol–water partition coefficient (Wildman–Crippen LogP) is 1.20. The Bertz CT molecular complexity index is 550. The Morgan fingerprint density at radius 2 is 1.00 bits per heavy atom. The Labute approximate surface area is 178 Å². The van der Waals surface area contributed by atoms with E-state index in [4.69, 9.17) is 9.47 Å². The lowest BCUT2D eigenvalue weighted by Crippen LogP contribution is -2.58. The van der Waals surface area contributed by atoms with Crippen LogP contribution in [0.4, 0.5) is 9.59 Å². The van der Waals surface area contributed by atoms with Crippen molar-refractivity contribution in [2.75, 3.05) is 40.4 Å². The number of carbonyl (C=O) groups is 4. The van der Waals surface area contributed by atoms with Gasteiger partial charge < -0.3 is 29.9 Å². The molecule has 2 atom stereocenters. The van der Waals surface area contributed by atoms with Crippen LogP contribution >= 0.6 is 0 Å². The summed E-state index contributed by atoms with van der Waals surface area (Å²) in [5.74, 6) is -0.532. The summed E-state index contributed by atoms with van der Waals surface area (Å²) in [4.78, 5) is 52.0. The van der Waals surface area contributed by atoms with Crippen molar-refractivity contribution in [1.29, 1.82) is 0 Å². The first-order valence-corrected chi connectivity index (χ1v) is 10.4. The fourth-order valence-corrected chi connectivity index (χ4v) is 3.25. The van der Waals surface area contributed by atoms with Crippen molar-refractivity contribution < 1.29 is 28.7 Å². The number of rotatable bonds is 8. The lowest BCUT2D eigenvalue weighted by atomic mass is 10.0. The normalized spacial score (nSPS) is 16.1. The quantitative estimate of drug-likeness (QED) is 0.561. The van der Waals surface area contributed by atoms with Gasteiger partial charge >= 0.3 is 24.0 Å². The van der Waals surface area contributed by atoms with Gasteiger partial charge in [0.25, 0.3) is 0 Å². The minimum absolute atomic E-state index is 0.212. The topological polar surface area (TPSA) is 117 Å². The molecule has 0 saturated carbocycles. The van der Waals surface area contributed by atoms with Gasteiger partial charge in [-0.1, -0.05) is 27.7 Å². The van der Waals surface area contributed by atoms with E-state index in [9.17, 15) is 19.2 Å². The summed E-state index contributed by atoms with van der Waals surface area (Å²) in [6.45, 7) is 9.12. The molecule has 1 rings (SSSR count). The van der Waals surface area contributed by atoms with Crippen LogP contribution in [0, 0.1) is 11.8 Å². The molecule has 0 unspecified atom stereocenters. The van der Waals surface area contributed by atoms with Gasteiger partial charge in [0.05, 0.1) is 14.2 Å². The van der Waals surface area contributed by atoms with Gasteiger partial charge in [-0.25, -0.2) is 19.2 Å². The van der Waals surface area contributed by atoms with Crippen LogP contribution in [0.25, 0.3) is 0 Å². The lowest BCUT2D eigenvalue weighted by Gasteiger charge is -2.36. The molecule has 1 fully saturated rings. The van der Waals surface area contributed by atoms with Gasteiger partial charge in [-0.2, -0.15) is 0 Å². The Balaban J connectivity index is 2.60. The highest BCUT2D eigenvalue weighted by Gasteiger charge is 2.30. The zero-order chi connectivity index (χ0) is 22.8. The third kappa shape index (κ3) is 8.08. The first-order valence-electron chi connectivity index (χ1n) is 10.4. The molecule has 30 heavy (non-hydrogen) atoms. The zero-order valence-corrected chi connectivity index (χ0v) is 18.9. The maximum absolute atomic E-state index is 12.5. The van der Waals surface area contributed by atoms with E-state index >= 15 is 0 Å². The number of amides is 4. The number of nitrogens with zero attached hydrogens (tertiary/aromatic N) is 2. The highest BCUT2D eigenvalue weighted by Crippen LogP contribution is 2.10. The number of urea groups is 2. The second-order valence-corrected chi connectivity index (χ2v) is 8.28. The molecule has 10 heteroatoms. The molecular weight excluding hydrogens is 392 g/mol. The molecule has 10 nitrogen and oxygen atoms in total. The third-order valence-electron chi connectivity index (χ3n) is 4.84. The number of hydrogen-bond donors (Lipinski definition) is 2. The maximum Gasteiger partial charge on any atom is 0.328 e. The summed E-state index contributed by atoms with van der Waals surface area (Å²) in [7, 11) is 2.58. The Hall–Kier alpha value is -2.52. The molecule has 0 aliphatic carbocycles. The Morgan fingerprint density at radius 1 is 0.700 bits per heavy atom. The highest BCUT2D eigenvalue weighted by atomic mass is 16.5. The maximum atomic E-state index is 12.5. The predicted molar refractivity (Wildman–Crippen MR) is 111 cm³/mol. The van der Waals surface area contributed by atoms with E-state index in [1.807, 2.05) is 27.7 Å². The summed E-state index contributed by atoms with van der Waals surface area (Å²) in [5.41, 5.74) is 0. The van der Waals surface area contributed by atoms with Crippen molar-refractivity contribution >= 4 is 24.0 Å². The SMILES string of the molecule is COC(=O)[C@@H](CC(C)C)NC(=O)N1CCN(C(=O)N[C@H](CC(C)C)C(=O)OC)CC1. The van der Waals surface area contributed by atoms with Crippen LogP contribution in [0.2, 0.25) is 0 Å². The monoisotopic (exact) mass is 428 g/mol. The first-order chi connectivity index (χ1) is 14.1. The van der Waals surface area contributed by atoms with Crippen LogP contribution < -0.4 is 10.6 Å². The van der Waals surface area contributed by atoms with Gasteiger partial charge in [0.1, 0.15) is 12.1 Å². The van der Waals surface area contributed by atoms with E-state index < -0.39 is 24.0 Å². The van der Waals surface area contributed by atoms with E-state index in [1.165, 1.54) is 14.2 Å². The molecule has 0 radical (unpaired) electrons. The molecule has 0 aromatic carbocycles. The summed E-state index contributed by atoms with van der Waals surface area (Å²) in [5, 5.41) is 5.44. The standard InChI is InChI=1S/C20H36N4O6/c1-13(2)11-15(17(25)29-5)21-19(27)23-7-9-24(10-8-23)20(28)22-16(12-14(3)4)18(26)30-6/h13-16H,7-12H2,1-6H3,(H,21,27)(H,22,28)/t15-,16-/m1/s1. The van der Waals surface area contributed by atoms with Crippen LogP contribution in [-0.4, -0.2) is 86.3 Å². The van der Waals surface area contributed by atoms with Crippen molar-refractivity contribution in [3.63, 3.8) is 0 Å². The largest absolute Gasteiger partial charge is 0.467 e. The van der Waals surface area contributed by atoms with E-state index in [1.54, 1.807) is 9.80 Å². The molecule has 1 aliphatic rings. The number of ether oxygens (including phenoxy) is 2. The van der Waals surface area contributed by atoms with Crippen molar-refractivity contribution in [3.05, 3.63) is 0 Å². The van der Waals surface area contributed by atoms with Crippen LogP contribution in [0.5, 0.6) is 0 Å². The average Bonchev–Trinajstić information content (AvgIpc) is 2.70. The minimum Gasteiger partial charge on any atom is -0.467 e. The van der Waals surface area contributed by atoms with Crippen molar-refractivity contribution in [2.45, 2.75) is 52.6 Å². The fraction of sp³-hybridized carbons (Fsp3) is 0.800. The summed E-state index contributed by atoms with van der Waals surface area (Å²) in [6.07, 6.45) is 0.955. The number of hydrogen-bond acceptors (Lipinski definition) is 6. The van der Waals surface area contributed by atoms with Crippen LogP contribution in [0.1, 0.15) is 40.5 Å². The summed E-state index contributed by atoms with van der Waals surface area (Å²) < 4.78 is 9.54. The Morgan fingerprint density at radius 3 is 1.23 bits per heavy atom. The molecule has 4 amide bonds. The third-order valence-corrected chi connectivity index (χ3v) is 4.84. The molecule has 0 aromatic rings. The van der Waals surface area contributed by atoms with Gasteiger partial charge in [0.15, 0.2) is 0 Å². The number of methoxy groups -OCH3 is 2. The van der Waals surface area contributed by atoms with Gasteiger partial charge in [-0.3, -0.25) is 0 Å². The van der Waals surface area contributed by atoms with Gasteiger partial charge in [-0.05, 0) is 24.7 Å². The lowest BCUT2D eigenvalue weighted by molar-refractivity contribution is -0.144. The first kappa shape index (κ1) is 25.5. The molecule has 0 bridgehead atoms. The summed E-state index contributed by atoms with van der Waals surface area (Å²) in [6, 6.07) is -2.14. The molecule has 0 spiro atoms. The van der Waals surface area contributed by atoms with Crippen LogP contribution in [0.3, 0.4) is 0 Å². The highest BCUT2D eigenvalue weighted by molar-refractivity contribution is 5.85. The number of nitrogens with one attached hydrogen (secondary N) is 2. The van der Waals surface area contributed by atoms with Crippen LogP contribution in [-0.2, 0) is 19.1 Å². The number of carbonyl (C=O) groups excluding carboxylic acids is 4. The van der Waals surface area contributed by atoms with Crippen LogP contribution in [0.15, 0.2) is 0 Å². The average molecular weight is 429 g/mol. The van der Waals surface area contributed by atoms with E-state index in [-0.39, 0.29) is 23.9 Å². The second kappa shape index (κ2) is 12.2. The summed E-state index contributed by atoms with van der Waals surface area (Å²) >= 11 is 0. The minimum atomic E-state index is -0.708.